The van der Waals surface area contributed by atoms with E-state index < -0.39 is 0 Å². The number of benzene rings is 1. The maximum absolute atomic E-state index is 13.0. The highest BCUT2D eigenvalue weighted by atomic mass is 19.1. The number of carbonyl (C=O) groups excluding carboxylic acids is 1. The van der Waals surface area contributed by atoms with Crippen LogP contribution in [0.25, 0.3) is 0 Å². The number of nitrogens with zero attached hydrogens (tertiary/aromatic N) is 1. The molecule has 0 saturated carbocycles. The molecule has 4 nitrogen and oxygen atoms in total. The van der Waals surface area contributed by atoms with Gasteiger partial charge in [0, 0.05) is 31.7 Å². The molecule has 1 fully saturated rings. The van der Waals surface area contributed by atoms with Crippen molar-refractivity contribution in [1.29, 1.82) is 0 Å². The fourth-order valence-corrected chi connectivity index (χ4v) is 2.81. The molecule has 0 aliphatic carbocycles. The number of halogens is 1. The summed E-state index contributed by atoms with van der Waals surface area (Å²) in [7, 11) is 0. The van der Waals surface area contributed by atoms with Crippen molar-refractivity contribution in [3.63, 3.8) is 0 Å². The van der Waals surface area contributed by atoms with Crippen LogP contribution in [0, 0.1) is 11.7 Å². The zero-order valence-electron chi connectivity index (χ0n) is 13.3. The molecule has 1 saturated heterocycles. The summed E-state index contributed by atoms with van der Waals surface area (Å²) < 4.78 is 13.0. The number of urea groups is 1. The van der Waals surface area contributed by atoms with Crippen LogP contribution in [0.2, 0.25) is 0 Å². The van der Waals surface area contributed by atoms with E-state index in [1.807, 2.05) is 13.8 Å². The molecule has 1 aromatic carbocycles. The SMILES string of the molecule is CC(C)(CNC(=O)N1CCCC(CO)C1)c1ccc(F)cc1. The van der Waals surface area contributed by atoms with Gasteiger partial charge in [-0.2, -0.15) is 0 Å². The number of aliphatic hydroxyl groups is 1. The van der Waals surface area contributed by atoms with Gasteiger partial charge in [-0.1, -0.05) is 26.0 Å². The van der Waals surface area contributed by atoms with Crippen molar-refractivity contribution < 1.29 is 14.3 Å². The molecule has 1 aliphatic rings. The Morgan fingerprint density at radius 3 is 2.73 bits per heavy atom. The predicted octanol–water partition coefficient (Wildman–Crippen LogP) is 2.52. The smallest absolute Gasteiger partial charge is 0.317 e. The normalized spacial score (nSPS) is 19.1. The summed E-state index contributed by atoms with van der Waals surface area (Å²) in [6, 6.07) is 6.30. The summed E-state index contributed by atoms with van der Waals surface area (Å²) in [5.41, 5.74) is 0.719. The van der Waals surface area contributed by atoms with Crippen LogP contribution in [0.4, 0.5) is 9.18 Å². The monoisotopic (exact) mass is 308 g/mol. The van der Waals surface area contributed by atoms with Gasteiger partial charge in [0.2, 0.25) is 0 Å². The lowest BCUT2D eigenvalue weighted by molar-refractivity contribution is 0.129. The van der Waals surface area contributed by atoms with Gasteiger partial charge in [0.15, 0.2) is 0 Å². The van der Waals surface area contributed by atoms with E-state index in [-0.39, 0.29) is 29.8 Å². The van der Waals surface area contributed by atoms with E-state index in [0.29, 0.717) is 13.1 Å². The van der Waals surface area contributed by atoms with Gasteiger partial charge >= 0.3 is 6.03 Å². The second-order valence-electron chi connectivity index (χ2n) is 6.69. The summed E-state index contributed by atoms with van der Waals surface area (Å²) in [4.78, 5) is 14.0. The molecule has 1 atom stereocenters. The molecular formula is C17H25FN2O2. The van der Waals surface area contributed by atoms with Crippen LogP contribution in [-0.2, 0) is 5.41 Å². The van der Waals surface area contributed by atoms with E-state index in [0.717, 1.165) is 24.9 Å². The van der Waals surface area contributed by atoms with E-state index in [1.165, 1.54) is 12.1 Å². The van der Waals surface area contributed by atoms with Crippen LogP contribution in [0.3, 0.4) is 0 Å². The van der Waals surface area contributed by atoms with Gasteiger partial charge in [-0.25, -0.2) is 9.18 Å². The largest absolute Gasteiger partial charge is 0.396 e. The van der Waals surface area contributed by atoms with Gasteiger partial charge in [-0.3, -0.25) is 0 Å². The third-order valence-corrected chi connectivity index (χ3v) is 4.37. The first-order valence-electron chi connectivity index (χ1n) is 7.82. The number of aliphatic hydroxyl groups excluding tert-OH is 1. The minimum absolute atomic E-state index is 0.0895. The minimum Gasteiger partial charge on any atom is -0.396 e. The Morgan fingerprint density at radius 1 is 1.41 bits per heavy atom. The van der Waals surface area contributed by atoms with Crippen molar-refractivity contribution in [3.05, 3.63) is 35.6 Å². The zero-order chi connectivity index (χ0) is 16.2. The second kappa shape index (κ2) is 7.09. The quantitative estimate of drug-likeness (QED) is 0.898. The summed E-state index contributed by atoms with van der Waals surface area (Å²) in [5, 5.41) is 12.2. The molecule has 1 unspecified atom stereocenters. The molecule has 0 bridgehead atoms. The number of rotatable bonds is 4. The number of carbonyl (C=O) groups is 1. The molecule has 2 amide bonds. The number of piperidine rings is 1. The van der Waals surface area contributed by atoms with E-state index in [4.69, 9.17) is 0 Å². The first-order valence-corrected chi connectivity index (χ1v) is 7.82. The maximum atomic E-state index is 13.0. The third kappa shape index (κ3) is 4.19. The molecule has 0 radical (unpaired) electrons. The highest BCUT2D eigenvalue weighted by Crippen LogP contribution is 2.23. The van der Waals surface area contributed by atoms with Crippen LogP contribution >= 0.6 is 0 Å². The summed E-state index contributed by atoms with van der Waals surface area (Å²) in [6.07, 6.45) is 1.90. The Hall–Kier alpha value is -1.62. The van der Waals surface area contributed by atoms with Gasteiger partial charge in [-0.15, -0.1) is 0 Å². The highest BCUT2D eigenvalue weighted by Gasteiger charge is 2.26. The van der Waals surface area contributed by atoms with E-state index in [9.17, 15) is 14.3 Å². The van der Waals surface area contributed by atoms with Crippen molar-refractivity contribution in [2.75, 3.05) is 26.2 Å². The predicted molar refractivity (Wildman–Crippen MR) is 84.2 cm³/mol. The molecule has 22 heavy (non-hydrogen) atoms. The Bertz CT molecular complexity index is 502. The molecule has 2 rings (SSSR count). The van der Waals surface area contributed by atoms with E-state index in [1.54, 1.807) is 17.0 Å². The maximum Gasteiger partial charge on any atom is 0.317 e. The van der Waals surface area contributed by atoms with Crippen molar-refractivity contribution in [2.24, 2.45) is 5.92 Å². The Morgan fingerprint density at radius 2 is 2.09 bits per heavy atom. The van der Waals surface area contributed by atoms with E-state index >= 15 is 0 Å². The Balaban J connectivity index is 1.90. The van der Waals surface area contributed by atoms with Gasteiger partial charge in [0.05, 0.1) is 0 Å². The lowest BCUT2D eigenvalue weighted by Crippen LogP contribution is -2.48. The molecule has 1 aromatic rings. The van der Waals surface area contributed by atoms with Crippen molar-refractivity contribution in [1.82, 2.24) is 10.2 Å². The van der Waals surface area contributed by atoms with Crippen LogP contribution in [-0.4, -0.2) is 42.3 Å². The molecule has 1 heterocycles. The summed E-state index contributed by atoms with van der Waals surface area (Å²) in [6.45, 7) is 6.00. The van der Waals surface area contributed by atoms with Gasteiger partial charge < -0.3 is 15.3 Å². The molecule has 0 spiro atoms. The Labute approximate surface area is 131 Å². The van der Waals surface area contributed by atoms with Crippen molar-refractivity contribution in [3.8, 4) is 0 Å². The average Bonchev–Trinajstić information content (AvgIpc) is 2.53. The highest BCUT2D eigenvalue weighted by molar-refractivity contribution is 5.74. The van der Waals surface area contributed by atoms with Crippen molar-refractivity contribution in [2.45, 2.75) is 32.1 Å². The molecule has 2 N–H and O–H groups in total. The molecule has 5 heteroatoms. The van der Waals surface area contributed by atoms with Crippen LogP contribution in [0.15, 0.2) is 24.3 Å². The van der Waals surface area contributed by atoms with Crippen molar-refractivity contribution >= 4 is 6.03 Å². The second-order valence-corrected chi connectivity index (χ2v) is 6.69. The fourth-order valence-electron chi connectivity index (χ4n) is 2.81. The third-order valence-electron chi connectivity index (χ3n) is 4.37. The fraction of sp³-hybridized carbons (Fsp3) is 0.588. The molecule has 0 aromatic heterocycles. The average molecular weight is 308 g/mol. The summed E-state index contributed by atoms with van der Waals surface area (Å²) >= 11 is 0. The number of hydrogen-bond donors (Lipinski definition) is 2. The van der Waals surface area contributed by atoms with Gasteiger partial charge in [-0.05, 0) is 36.5 Å². The van der Waals surface area contributed by atoms with Gasteiger partial charge in [0.1, 0.15) is 5.82 Å². The van der Waals surface area contributed by atoms with E-state index in [2.05, 4.69) is 5.32 Å². The molecule has 122 valence electrons. The van der Waals surface area contributed by atoms with Crippen LogP contribution < -0.4 is 5.32 Å². The lowest BCUT2D eigenvalue weighted by Gasteiger charge is -2.33. The molecule has 1 aliphatic heterocycles. The number of hydrogen-bond acceptors (Lipinski definition) is 2. The topological polar surface area (TPSA) is 52.6 Å². The summed E-state index contributed by atoms with van der Waals surface area (Å²) in [5.74, 6) is -0.0726. The standard InChI is InChI=1S/C17H25FN2O2/c1-17(2,14-5-7-15(18)8-6-14)12-19-16(22)20-9-3-4-13(10-20)11-21/h5-8,13,21H,3-4,9-12H2,1-2H3,(H,19,22). The lowest BCUT2D eigenvalue weighted by atomic mass is 9.84. The first-order chi connectivity index (χ1) is 10.4. The van der Waals surface area contributed by atoms with Gasteiger partial charge in [0.25, 0.3) is 0 Å². The number of nitrogens with one attached hydrogen (secondary N) is 1. The first kappa shape index (κ1) is 16.7. The number of amides is 2. The molecular weight excluding hydrogens is 283 g/mol. The number of likely N-dealkylation sites (tertiary alicyclic amines) is 1. The Kier molecular flexibility index (Phi) is 5.40. The minimum atomic E-state index is -0.268. The zero-order valence-corrected chi connectivity index (χ0v) is 13.3. The van der Waals surface area contributed by atoms with Crippen LogP contribution in [0.1, 0.15) is 32.3 Å². The van der Waals surface area contributed by atoms with Crippen LogP contribution in [0.5, 0.6) is 0 Å².